The predicted molar refractivity (Wildman–Crippen MR) is 61.9 cm³/mol. The van der Waals surface area contributed by atoms with E-state index >= 15 is 0 Å². The van der Waals surface area contributed by atoms with Gasteiger partial charge in [-0.2, -0.15) is 0 Å². The standard InChI is InChI=1S/C13H18F2O2/c1-3-5-10(4-2)17-13-11(14)6-9(8-16)7-12(13)15/h6-7,10,16H,3-5,8H2,1-2H3. The van der Waals surface area contributed by atoms with Gasteiger partial charge in [-0.25, -0.2) is 8.78 Å². The molecule has 4 heteroatoms. The largest absolute Gasteiger partial charge is 0.484 e. The van der Waals surface area contributed by atoms with Crippen molar-refractivity contribution in [1.29, 1.82) is 0 Å². The van der Waals surface area contributed by atoms with Crippen LogP contribution in [0, 0.1) is 11.6 Å². The van der Waals surface area contributed by atoms with E-state index < -0.39 is 11.6 Å². The van der Waals surface area contributed by atoms with Gasteiger partial charge in [0, 0.05) is 0 Å². The summed E-state index contributed by atoms with van der Waals surface area (Å²) in [4.78, 5) is 0. The minimum atomic E-state index is -0.761. The Bertz CT molecular complexity index is 343. The molecule has 1 unspecified atom stereocenters. The van der Waals surface area contributed by atoms with Crippen LogP contribution in [0.3, 0.4) is 0 Å². The first-order valence-corrected chi connectivity index (χ1v) is 5.87. The second kappa shape index (κ2) is 6.55. The van der Waals surface area contributed by atoms with Crippen molar-refractivity contribution in [2.24, 2.45) is 0 Å². The summed E-state index contributed by atoms with van der Waals surface area (Å²) in [5, 5.41) is 8.82. The van der Waals surface area contributed by atoms with Crippen molar-refractivity contribution in [1.82, 2.24) is 0 Å². The second-order valence-corrected chi connectivity index (χ2v) is 3.98. The third kappa shape index (κ3) is 3.66. The summed E-state index contributed by atoms with van der Waals surface area (Å²) < 4.78 is 32.5. The zero-order valence-electron chi connectivity index (χ0n) is 10.2. The highest BCUT2D eigenvalue weighted by atomic mass is 19.1. The first kappa shape index (κ1) is 13.9. The Morgan fingerprint density at radius 1 is 1.24 bits per heavy atom. The van der Waals surface area contributed by atoms with Crippen LogP contribution in [0.2, 0.25) is 0 Å². The number of halogens is 2. The number of benzene rings is 1. The van der Waals surface area contributed by atoms with E-state index in [-0.39, 0.29) is 24.0 Å². The molecule has 0 aliphatic rings. The van der Waals surface area contributed by atoms with Crippen molar-refractivity contribution in [3.63, 3.8) is 0 Å². The van der Waals surface area contributed by atoms with E-state index in [2.05, 4.69) is 0 Å². The van der Waals surface area contributed by atoms with Gasteiger partial charge in [0.05, 0.1) is 12.7 Å². The van der Waals surface area contributed by atoms with Crippen LogP contribution in [0.1, 0.15) is 38.7 Å². The summed E-state index contributed by atoms with van der Waals surface area (Å²) in [5.41, 5.74) is 0.205. The SMILES string of the molecule is CCCC(CC)Oc1c(F)cc(CO)cc1F. The lowest BCUT2D eigenvalue weighted by Gasteiger charge is -2.18. The topological polar surface area (TPSA) is 29.5 Å². The molecule has 17 heavy (non-hydrogen) atoms. The van der Waals surface area contributed by atoms with Crippen molar-refractivity contribution >= 4 is 0 Å². The number of rotatable bonds is 6. The monoisotopic (exact) mass is 244 g/mol. The molecule has 0 aliphatic heterocycles. The molecule has 1 rings (SSSR count). The van der Waals surface area contributed by atoms with Gasteiger partial charge in [-0.05, 0) is 30.5 Å². The number of hydrogen-bond acceptors (Lipinski definition) is 2. The Hall–Kier alpha value is -1.16. The van der Waals surface area contributed by atoms with E-state index in [4.69, 9.17) is 9.84 Å². The molecule has 0 fully saturated rings. The van der Waals surface area contributed by atoms with Gasteiger partial charge < -0.3 is 9.84 Å². The molecule has 0 spiro atoms. The fourth-order valence-corrected chi connectivity index (χ4v) is 1.65. The lowest BCUT2D eigenvalue weighted by Crippen LogP contribution is -2.16. The summed E-state index contributed by atoms with van der Waals surface area (Å²) in [7, 11) is 0. The highest BCUT2D eigenvalue weighted by Gasteiger charge is 2.16. The maximum Gasteiger partial charge on any atom is 0.191 e. The third-order valence-electron chi connectivity index (χ3n) is 2.59. The van der Waals surface area contributed by atoms with Gasteiger partial charge in [0.2, 0.25) is 0 Å². The number of aliphatic hydroxyl groups excluding tert-OH is 1. The average molecular weight is 244 g/mol. The van der Waals surface area contributed by atoms with Crippen LogP contribution in [-0.4, -0.2) is 11.2 Å². The van der Waals surface area contributed by atoms with Crippen LogP contribution < -0.4 is 4.74 Å². The average Bonchev–Trinajstić information content (AvgIpc) is 2.31. The first-order chi connectivity index (χ1) is 8.12. The molecular formula is C13H18F2O2. The molecule has 2 nitrogen and oxygen atoms in total. The Labute approximate surface area is 100 Å². The fourth-order valence-electron chi connectivity index (χ4n) is 1.65. The van der Waals surface area contributed by atoms with Crippen molar-refractivity contribution in [3.05, 3.63) is 29.3 Å². The molecule has 1 N–H and O–H groups in total. The van der Waals surface area contributed by atoms with Crippen LogP contribution in [0.25, 0.3) is 0 Å². The Morgan fingerprint density at radius 3 is 2.24 bits per heavy atom. The van der Waals surface area contributed by atoms with Gasteiger partial charge in [0.15, 0.2) is 17.4 Å². The number of hydrogen-bond donors (Lipinski definition) is 1. The van der Waals surface area contributed by atoms with Gasteiger partial charge >= 0.3 is 0 Å². The summed E-state index contributed by atoms with van der Waals surface area (Å²) in [6, 6.07) is 2.19. The highest BCUT2D eigenvalue weighted by Crippen LogP contribution is 2.25. The summed E-state index contributed by atoms with van der Waals surface area (Å²) in [5.74, 6) is -1.87. The van der Waals surface area contributed by atoms with E-state index in [0.717, 1.165) is 25.0 Å². The third-order valence-corrected chi connectivity index (χ3v) is 2.59. The van der Waals surface area contributed by atoms with Crippen LogP contribution in [0.15, 0.2) is 12.1 Å². The van der Waals surface area contributed by atoms with Crippen LogP contribution >= 0.6 is 0 Å². The van der Waals surface area contributed by atoms with Gasteiger partial charge in [-0.3, -0.25) is 0 Å². The maximum absolute atomic E-state index is 13.6. The molecule has 0 saturated heterocycles. The molecule has 0 saturated carbocycles. The molecule has 1 aromatic carbocycles. The van der Waals surface area contributed by atoms with Crippen molar-refractivity contribution in [3.8, 4) is 5.75 Å². The van der Waals surface area contributed by atoms with Gasteiger partial charge in [0.25, 0.3) is 0 Å². The summed E-state index contributed by atoms with van der Waals surface area (Å²) in [6.45, 7) is 3.52. The molecule has 0 aliphatic carbocycles. The lowest BCUT2D eigenvalue weighted by molar-refractivity contribution is 0.169. The molecule has 0 radical (unpaired) electrons. The molecule has 0 heterocycles. The lowest BCUT2D eigenvalue weighted by atomic mass is 10.1. The zero-order valence-corrected chi connectivity index (χ0v) is 10.2. The van der Waals surface area contributed by atoms with Crippen molar-refractivity contribution < 1.29 is 18.6 Å². The molecular weight excluding hydrogens is 226 g/mol. The van der Waals surface area contributed by atoms with E-state index in [9.17, 15) is 8.78 Å². The highest BCUT2D eigenvalue weighted by molar-refractivity contribution is 5.31. The minimum Gasteiger partial charge on any atom is -0.484 e. The fraction of sp³-hybridized carbons (Fsp3) is 0.538. The molecule has 0 aromatic heterocycles. The smallest absolute Gasteiger partial charge is 0.191 e. The molecule has 0 amide bonds. The van der Waals surface area contributed by atoms with Crippen LogP contribution in [0.4, 0.5) is 8.78 Å². The molecule has 0 bridgehead atoms. The molecule has 1 aromatic rings. The van der Waals surface area contributed by atoms with E-state index in [1.165, 1.54) is 0 Å². The number of aliphatic hydroxyl groups is 1. The van der Waals surface area contributed by atoms with Gasteiger partial charge in [0.1, 0.15) is 0 Å². The Balaban J connectivity index is 2.90. The van der Waals surface area contributed by atoms with Crippen LogP contribution in [-0.2, 0) is 6.61 Å². The van der Waals surface area contributed by atoms with E-state index in [0.29, 0.717) is 6.42 Å². The first-order valence-electron chi connectivity index (χ1n) is 5.87. The summed E-state index contributed by atoms with van der Waals surface area (Å²) >= 11 is 0. The normalized spacial score (nSPS) is 12.5. The van der Waals surface area contributed by atoms with Gasteiger partial charge in [-0.1, -0.05) is 20.3 Å². The quantitative estimate of drug-likeness (QED) is 0.830. The maximum atomic E-state index is 13.6. The van der Waals surface area contributed by atoms with E-state index in [1.54, 1.807) is 0 Å². The zero-order chi connectivity index (χ0) is 12.8. The van der Waals surface area contributed by atoms with Crippen molar-refractivity contribution in [2.75, 3.05) is 0 Å². The molecule has 96 valence electrons. The molecule has 1 atom stereocenters. The second-order valence-electron chi connectivity index (χ2n) is 3.98. The predicted octanol–water partition coefficient (Wildman–Crippen LogP) is 3.41. The van der Waals surface area contributed by atoms with E-state index in [1.807, 2.05) is 13.8 Å². The Morgan fingerprint density at radius 2 is 1.82 bits per heavy atom. The van der Waals surface area contributed by atoms with Crippen LogP contribution in [0.5, 0.6) is 5.75 Å². The Kier molecular flexibility index (Phi) is 5.35. The minimum absolute atomic E-state index is 0.177. The summed E-state index contributed by atoms with van der Waals surface area (Å²) in [6.07, 6.45) is 2.19. The van der Waals surface area contributed by atoms with Gasteiger partial charge in [-0.15, -0.1) is 0 Å². The van der Waals surface area contributed by atoms with Crippen molar-refractivity contribution in [2.45, 2.75) is 45.8 Å². The number of ether oxygens (including phenoxy) is 1.